The van der Waals surface area contributed by atoms with Gasteiger partial charge < -0.3 is 4.74 Å². The van der Waals surface area contributed by atoms with Gasteiger partial charge in [0.15, 0.2) is 5.60 Å². The fourth-order valence-electron chi connectivity index (χ4n) is 3.29. The van der Waals surface area contributed by atoms with Crippen LogP contribution >= 0.6 is 0 Å². The summed E-state index contributed by atoms with van der Waals surface area (Å²) in [7, 11) is 0. The van der Waals surface area contributed by atoms with Crippen molar-refractivity contribution in [1.82, 2.24) is 0 Å². The van der Waals surface area contributed by atoms with Crippen LogP contribution in [0.5, 0.6) is 0 Å². The highest BCUT2D eigenvalue weighted by atomic mass is 16.6. The van der Waals surface area contributed by atoms with Crippen LogP contribution in [-0.2, 0) is 15.1 Å². The van der Waals surface area contributed by atoms with Crippen LogP contribution in [0, 0.1) is 5.41 Å². The van der Waals surface area contributed by atoms with Gasteiger partial charge in [-0.25, -0.2) is 0 Å². The van der Waals surface area contributed by atoms with Crippen LogP contribution in [0.1, 0.15) is 51.7 Å². The number of carbonyl (C=O) groups excluding carboxylic acids is 1. The maximum Gasteiger partial charge on any atom is 0.312 e. The molecule has 0 saturated carbocycles. The molecule has 0 spiro atoms. The van der Waals surface area contributed by atoms with Gasteiger partial charge >= 0.3 is 5.97 Å². The van der Waals surface area contributed by atoms with E-state index in [4.69, 9.17) is 4.74 Å². The van der Waals surface area contributed by atoms with E-state index in [1.54, 1.807) is 0 Å². The Morgan fingerprint density at radius 1 is 0.957 bits per heavy atom. The fourth-order valence-corrected chi connectivity index (χ4v) is 3.29. The average molecular weight is 308 g/mol. The first-order valence-corrected chi connectivity index (χ1v) is 8.39. The lowest BCUT2D eigenvalue weighted by atomic mass is 9.86. The molecule has 2 aromatic carbocycles. The molecule has 0 unspecified atom stereocenters. The Balaban J connectivity index is 2.17. The molecule has 0 radical (unpaired) electrons. The van der Waals surface area contributed by atoms with Gasteiger partial charge in [-0.3, -0.25) is 4.79 Å². The highest BCUT2D eigenvalue weighted by Gasteiger charge is 2.46. The Labute approximate surface area is 138 Å². The number of carbonyl (C=O) groups is 1. The van der Waals surface area contributed by atoms with Crippen molar-refractivity contribution >= 4 is 5.97 Å². The third kappa shape index (κ3) is 2.28. The minimum Gasteiger partial charge on any atom is -0.449 e. The zero-order chi connectivity index (χ0) is 16.7. The molecule has 1 aliphatic rings. The molecule has 120 valence electrons. The van der Waals surface area contributed by atoms with Gasteiger partial charge in [-0.1, -0.05) is 62.4 Å². The van der Waals surface area contributed by atoms with Crippen molar-refractivity contribution in [3.63, 3.8) is 0 Å². The van der Waals surface area contributed by atoms with Crippen LogP contribution in [0.25, 0.3) is 11.1 Å². The second-order valence-electron chi connectivity index (χ2n) is 6.90. The molecule has 2 heteroatoms. The number of benzene rings is 2. The van der Waals surface area contributed by atoms with E-state index >= 15 is 0 Å². The van der Waals surface area contributed by atoms with Crippen LogP contribution in [0.2, 0.25) is 0 Å². The minimum absolute atomic E-state index is 0.131. The van der Waals surface area contributed by atoms with Gasteiger partial charge in [0, 0.05) is 11.1 Å². The van der Waals surface area contributed by atoms with Crippen molar-refractivity contribution in [2.24, 2.45) is 5.41 Å². The van der Waals surface area contributed by atoms with E-state index in [1.807, 2.05) is 45.0 Å². The number of ether oxygens (including phenoxy) is 1. The molecule has 0 aromatic heterocycles. The largest absolute Gasteiger partial charge is 0.449 e. The molecule has 0 aliphatic heterocycles. The second kappa shape index (κ2) is 5.52. The quantitative estimate of drug-likeness (QED) is 0.716. The summed E-state index contributed by atoms with van der Waals surface area (Å²) in [6.45, 7) is 8.01. The summed E-state index contributed by atoms with van der Waals surface area (Å²) in [6, 6.07) is 16.5. The lowest BCUT2D eigenvalue weighted by molar-refractivity contribution is -0.168. The number of fused-ring (bicyclic) bond motifs is 3. The number of rotatable bonds is 4. The molecule has 3 rings (SSSR count). The van der Waals surface area contributed by atoms with Gasteiger partial charge in [0.25, 0.3) is 0 Å². The van der Waals surface area contributed by atoms with E-state index < -0.39 is 11.0 Å². The smallest absolute Gasteiger partial charge is 0.312 e. The number of hydrogen-bond donors (Lipinski definition) is 0. The molecule has 0 amide bonds. The molecule has 0 atom stereocenters. The number of hydrogen-bond acceptors (Lipinski definition) is 2. The molecule has 23 heavy (non-hydrogen) atoms. The van der Waals surface area contributed by atoms with Crippen molar-refractivity contribution in [3.8, 4) is 11.1 Å². The van der Waals surface area contributed by atoms with E-state index in [9.17, 15) is 4.79 Å². The van der Waals surface area contributed by atoms with E-state index in [-0.39, 0.29) is 5.97 Å². The first kappa shape index (κ1) is 15.8. The van der Waals surface area contributed by atoms with E-state index in [2.05, 4.69) is 31.2 Å². The molecule has 0 fully saturated rings. The van der Waals surface area contributed by atoms with Crippen LogP contribution in [0.15, 0.2) is 48.5 Å². The summed E-state index contributed by atoms with van der Waals surface area (Å²) in [6.07, 6.45) is 1.49. The van der Waals surface area contributed by atoms with E-state index in [0.29, 0.717) is 0 Å². The first-order chi connectivity index (χ1) is 11.0. The Kier molecular flexibility index (Phi) is 3.79. The highest BCUT2D eigenvalue weighted by molar-refractivity contribution is 5.83. The monoisotopic (exact) mass is 308 g/mol. The summed E-state index contributed by atoms with van der Waals surface area (Å²) in [5, 5.41) is 0. The van der Waals surface area contributed by atoms with Gasteiger partial charge in [0.2, 0.25) is 0 Å². The third-order valence-corrected chi connectivity index (χ3v) is 5.22. The first-order valence-electron chi connectivity index (χ1n) is 8.39. The van der Waals surface area contributed by atoms with Crippen LogP contribution in [-0.4, -0.2) is 5.97 Å². The fraction of sp³-hybridized carbons (Fsp3) is 0.381. The van der Waals surface area contributed by atoms with Gasteiger partial charge in [-0.05, 0) is 37.8 Å². The Morgan fingerprint density at radius 3 is 1.87 bits per heavy atom. The molecule has 0 saturated heterocycles. The molecule has 2 nitrogen and oxygen atoms in total. The Bertz CT molecular complexity index is 698. The highest BCUT2D eigenvalue weighted by Crippen LogP contribution is 2.52. The molecule has 0 bridgehead atoms. The molecule has 1 aliphatic carbocycles. The summed E-state index contributed by atoms with van der Waals surface area (Å²) in [5.74, 6) is -0.131. The summed E-state index contributed by atoms with van der Waals surface area (Å²) in [5.41, 5.74) is 3.40. The normalized spacial score (nSPS) is 15.0. The minimum atomic E-state index is -0.670. The molecule has 0 heterocycles. The van der Waals surface area contributed by atoms with Crippen molar-refractivity contribution < 1.29 is 9.53 Å². The van der Waals surface area contributed by atoms with E-state index in [1.165, 1.54) is 11.1 Å². The van der Waals surface area contributed by atoms with Crippen LogP contribution < -0.4 is 0 Å². The van der Waals surface area contributed by atoms with Gasteiger partial charge in [-0.2, -0.15) is 0 Å². The Morgan fingerprint density at radius 2 is 1.43 bits per heavy atom. The second-order valence-corrected chi connectivity index (χ2v) is 6.90. The van der Waals surface area contributed by atoms with Crippen molar-refractivity contribution in [2.45, 2.75) is 46.1 Å². The third-order valence-electron chi connectivity index (χ3n) is 5.22. The molecule has 0 N–H and O–H groups in total. The van der Waals surface area contributed by atoms with E-state index in [0.717, 1.165) is 24.0 Å². The lowest BCUT2D eigenvalue weighted by Crippen LogP contribution is -2.37. The van der Waals surface area contributed by atoms with Crippen molar-refractivity contribution in [2.75, 3.05) is 0 Å². The zero-order valence-corrected chi connectivity index (χ0v) is 14.3. The molecular formula is C21H24O2. The van der Waals surface area contributed by atoms with Crippen molar-refractivity contribution in [3.05, 3.63) is 59.7 Å². The zero-order valence-electron chi connectivity index (χ0n) is 14.3. The summed E-state index contributed by atoms with van der Waals surface area (Å²) >= 11 is 0. The standard InChI is InChI=1S/C21H24O2/c1-5-20(3,4)19(22)23-21(6-2)17-13-9-7-11-15(17)16-12-8-10-14-18(16)21/h7-14H,5-6H2,1-4H3. The predicted molar refractivity (Wildman–Crippen MR) is 93.1 cm³/mol. The summed E-state index contributed by atoms with van der Waals surface area (Å²) in [4.78, 5) is 12.8. The summed E-state index contributed by atoms with van der Waals surface area (Å²) < 4.78 is 6.22. The van der Waals surface area contributed by atoms with Gasteiger partial charge in [-0.15, -0.1) is 0 Å². The van der Waals surface area contributed by atoms with Gasteiger partial charge in [0.1, 0.15) is 0 Å². The molecular weight excluding hydrogens is 284 g/mol. The van der Waals surface area contributed by atoms with Gasteiger partial charge in [0.05, 0.1) is 5.41 Å². The predicted octanol–water partition coefficient (Wildman–Crippen LogP) is 5.30. The Hall–Kier alpha value is -2.09. The lowest BCUT2D eigenvalue weighted by Gasteiger charge is -2.34. The van der Waals surface area contributed by atoms with Crippen LogP contribution in [0.4, 0.5) is 0 Å². The maximum absolute atomic E-state index is 12.8. The van der Waals surface area contributed by atoms with Crippen molar-refractivity contribution in [1.29, 1.82) is 0 Å². The molecule has 2 aromatic rings. The maximum atomic E-state index is 12.8. The topological polar surface area (TPSA) is 26.3 Å². The SMILES string of the molecule is CCC(C)(C)C(=O)OC1(CC)c2ccccc2-c2ccccc21. The number of esters is 1. The van der Waals surface area contributed by atoms with Crippen LogP contribution in [0.3, 0.4) is 0 Å². The average Bonchev–Trinajstić information content (AvgIpc) is 2.86.